The molecule has 0 amide bonds. The molecule has 0 bridgehead atoms. The highest BCUT2D eigenvalue weighted by atomic mass is 19.1. The Morgan fingerprint density at radius 2 is 1.18 bits per heavy atom. The topological polar surface area (TPSA) is 47.5 Å². The van der Waals surface area contributed by atoms with Crippen molar-refractivity contribution in [2.24, 2.45) is 0 Å². The molecule has 50 heavy (non-hydrogen) atoms. The van der Waals surface area contributed by atoms with E-state index in [4.69, 9.17) is 9.47 Å². The fraction of sp³-hybridized carbons (Fsp3) is 0.0698. The van der Waals surface area contributed by atoms with Crippen molar-refractivity contribution in [1.82, 2.24) is 9.97 Å². The summed E-state index contributed by atoms with van der Waals surface area (Å²) in [6.45, 7) is 6.16. The molecule has 0 aliphatic carbocycles. The summed E-state index contributed by atoms with van der Waals surface area (Å²) in [5, 5.41) is 0. The zero-order chi connectivity index (χ0) is 34.6. The molecule has 246 valence electrons. The van der Waals surface area contributed by atoms with Crippen LogP contribution in [0.1, 0.15) is 16.7 Å². The third kappa shape index (κ3) is 6.93. The lowest BCUT2D eigenvalue weighted by molar-refractivity contribution is 0.428. The van der Waals surface area contributed by atoms with E-state index in [9.17, 15) is 0 Å². The van der Waals surface area contributed by atoms with Crippen LogP contribution in [0.4, 0.5) is 25.8 Å². The zero-order valence-corrected chi connectivity index (χ0v) is 27.8. The molecule has 0 fully saturated rings. The molecule has 2 aromatic heterocycles. The first kappa shape index (κ1) is 32.2. The minimum atomic E-state index is -0.854. The molecule has 0 unspecified atom stereocenters. The fourth-order valence-corrected chi connectivity index (χ4v) is 6.23. The highest BCUT2D eigenvalue weighted by molar-refractivity contribution is 5.79. The van der Waals surface area contributed by atoms with Gasteiger partial charge in [-0.05, 0) is 91.6 Å². The van der Waals surface area contributed by atoms with Crippen LogP contribution in [-0.2, 0) is 0 Å². The Bertz CT molecular complexity index is 2220. The van der Waals surface area contributed by atoms with Gasteiger partial charge in [0.15, 0.2) is 11.6 Å². The van der Waals surface area contributed by atoms with Crippen LogP contribution in [0.5, 0.6) is 23.1 Å². The minimum absolute atomic E-state index is 0.113. The van der Waals surface area contributed by atoms with Gasteiger partial charge in [-0.2, -0.15) is 0 Å². The summed E-state index contributed by atoms with van der Waals surface area (Å²) < 4.78 is 43.4. The number of hydrogen-bond acceptors (Lipinski definition) is 5. The molecule has 0 saturated carbocycles. The van der Waals surface area contributed by atoms with E-state index in [2.05, 4.69) is 42.9 Å². The van der Waals surface area contributed by atoms with Crippen LogP contribution in [0.15, 0.2) is 146 Å². The van der Waals surface area contributed by atoms with Gasteiger partial charge >= 0.3 is 0 Å². The van der Waals surface area contributed by atoms with E-state index in [-0.39, 0.29) is 17.1 Å². The van der Waals surface area contributed by atoms with E-state index in [1.807, 2.05) is 89.8 Å². The third-order valence-electron chi connectivity index (χ3n) is 8.26. The highest BCUT2D eigenvalue weighted by Crippen LogP contribution is 2.41. The van der Waals surface area contributed by atoms with E-state index in [0.29, 0.717) is 23.0 Å². The molecule has 7 heteroatoms. The van der Waals surface area contributed by atoms with Gasteiger partial charge in [0.2, 0.25) is 5.88 Å². The number of halogens is 2. The first-order chi connectivity index (χ1) is 24.3. The Balaban J connectivity index is 1.31. The van der Waals surface area contributed by atoms with Crippen LogP contribution in [0.25, 0.3) is 22.4 Å². The van der Waals surface area contributed by atoms with Crippen molar-refractivity contribution in [1.29, 1.82) is 0 Å². The quantitative estimate of drug-likeness (QED) is 0.154. The van der Waals surface area contributed by atoms with Crippen molar-refractivity contribution in [2.75, 3.05) is 4.90 Å². The zero-order valence-electron chi connectivity index (χ0n) is 27.8. The molecular weight excluding hydrogens is 628 g/mol. The van der Waals surface area contributed by atoms with Crippen molar-refractivity contribution in [2.45, 2.75) is 20.8 Å². The number of aryl methyl sites for hydroxylation is 3. The largest absolute Gasteiger partial charge is 0.454 e. The Morgan fingerprint density at radius 1 is 0.540 bits per heavy atom. The smallest absolute Gasteiger partial charge is 0.219 e. The number of benzene rings is 5. The van der Waals surface area contributed by atoms with E-state index < -0.39 is 11.6 Å². The lowest BCUT2D eigenvalue weighted by atomic mass is 9.93. The van der Waals surface area contributed by atoms with E-state index in [1.165, 1.54) is 6.07 Å². The Morgan fingerprint density at radius 3 is 1.82 bits per heavy atom. The molecule has 7 aromatic rings. The number of rotatable bonds is 9. The van der Waals surface area contributed by atoms with Gasteiger partial charge in [0, 0.05) is 59.7 Å². The SMILES string of the molecule is Cc1cc(C)c(-c2ccnc(-c3cc(Oc4cc(Oc5ccccn5)cc(N(c5ccccc5)c5ccccc5)c4)c(F)cc3F)c2)c(C)c1. The van der Waals surface area contributed by atoms with Gasteiger partial charge in [0.25, 0.3) is 0 Å². The number of para-hydroxylation sites is 2. The van der Waals surface area contributed by atoms with Gasteiger partial charge in [0.1, 0.15) is 17.3 Å². The van der Waals surface area contributed by atoms with Crippen LogP contribution >= 0.6 is 0 Å². The van der Waals surface area contributed by atoms with Crippen molar-refractivity contribution >= 4 is 17.1 Å². The Kier molecular flexibility index (Phi) is 9.04. The summed E-state index contributed by atoms with van der Waals surface area (Å²) in [5.74, 6) is -0.703. The van der Waals surface area contributed by atoms with E-state index >= 15 is 8.78 Å². The van der Waals surface area contributed by atoms with Gasteiger partial charge in [-0.3, -0.25) is 4.98 Å². The number of nitrogens with zero attached hydrogens (tertiary/aromatic N) is 3. The molecule has 2 heterocycles. The van der Waals surface area contributed by atoms with E-state index in [1.54, 1.807) is 36.7 Å². The third-order valence-corrected chi connectivity index (χ3v) is 8.26. The minimum Gasteiger partial charge on any atom is -0.454 e. The lowest BCUT2D eigenvalue weighted by Crippen LogP contribution is -2.10. The molecule has 0 saturated heterocycles. The second-order valence-electron chi connectivity index (χ2n) is 12.0. The second kappa shape index (κ2) is 14.0. The van der Waals surface area contributed by atoms with Gasteiger partial charge < -0.3 is 14.4 Å². The van der Waals surface area contributed by atoms with Crippen molar-refractivity contribution in [3.63, 3.8) is 0 Å². The average Bonchev–Trinajstić information content (AvgIpc) is 3.11. The van der Waals surface area contributed by atoms with Crippen molar-refractivity contribution in [3.8, 4) is 45.5 Å². The van der Waals surface area contributed by atoms with E-state index in [0.717, 1.165) is 45.3 Å². The second-order valence-corrected chi connectivity index (χ2v) is 12.0. The monoisotopic (exact) mass is 661 g/mol. The maximum Gasteiger partial charge on any atom is 0.219 e. The molecule has 0 spiro atoms. The first-order valence-electron chi connectivity index (χ1n) is 16.2. The molecule has 0 atom stereocenters. The van der Waals surface area contributed by atoms with Crippen LogP contribution in [0.3, 0.4) is 0 Å². The molecule has 5 aromatic carbocycles. The predicted molar refractivity (Wildman–Crippen MR) is 195 cm³/mol. The Labute approximate surface area is 290 Å². The van der Waals surface area contributed by atoms with Gasteiger partial charge in [-0.15, -0.1) is 0 Å². The lowest BCUT2D eigenvalue weighted by Gasteiger charge is -2.26. The summed E-state index contributed by atoms with van der Waals surface area (Å²) >= 11 is 0. The maximum atomic E-state index is 15.5. The summed E-state index contributed by atoms with van der Waals surface area (Å²) in [4.78, 5) is 10.8. The molecular formula is C43H33F2N3O2. The summed E-state index contributed by atoms with van der Waals surface area (Å²) in [7, 11) is 0. The van der Waals surface area contributed by atoms with Crippen LogP contribution in [-0.4, -0.2) is 9.97 Å². The number of anilines is 3. The van der Waals surface area contributed by atoms with Crippen LogP contribution < -0.4 is 14.4 Å². The van der Waals surface area contributed by atoms with Gasteiger partial charge in [-0.1, -0.05) is 60.2 Å². The van der Waals surface area contributed by atoms with Crippen LogP contribution in [0.2, 0.25) is 0 Å². The number of pyridine rings is 2. The molecule has 0 aliphatic heterocycles. The van der Waals surface area contributed by atoms with Crippen molar-refractivity contribution < 1.29 is 18.3 Å². The number of hydrogen-bond donors (Lipinski definition) is 0. The van der Waals surface area contributed by atoms with Gasteiger partial charge in [0.05, 0.1) is 11.4 Å². The summed E-state index contributed by atoms with van der Waals surface area (Å²) in [6, 6.07) is 40.5. The molecule has 0 aliphatic rings. The Hall–Kier alpha value is -6.34. The fourth-order valence-electron chi connectivity index (χ4n) is 6.23. The van der Waals surface area contributed by atoms with Crippen molar-refractivity contribution in [3.05, 3.63) is 174 Å². The maximum absolute atomic E-state index is 15.5. The first-order valence-corrected chi connectivity index (χ1v) is 16.2. The highest BCUT2D eigenvalue weighted by Gasteiger charge is 2.19. The molecule has 0 radical (unpaired) electrons. The molecule has 0 N–H and O–H groups in total. The summed E-state index contributed by atoms with van der Waals surface area (Å²) in [5.41, 5.74) is 8.25. The molecule has 7 rings (SSSR count). The standard InChI is InChI=1S/C43H33F2N3O2/c1-28-20-29(2)43(30(3)21-28)31-17-19-46-40(22-31)37-26-41(39(45)27-38(37)44)49-35-23-34(24-36(25-35)50-42-16-10-11-18-47-42)48(32-12-6-4-7-13-32)33-14-8-5-9-15-33/h4-27H,1-3H3. The average molecular weight is 662 g/mol. The normalized spacial score (nSPS) is 10.9. The van der Waals surface area contributed by atoms with Crippen LogP contribution in [0, 0.1) is 32.4 Å². The number of aromatic nitrogens is 2. The molecule has 5 nitrogen and oxygen atoms in total. The predicted octanol–water partition coefficient (Wildman–Crippen LogP) is 12.1. The van der Waals surface area contributed by atoms with Gasteiger partial charge in [-0.25, -0.2) is 13.8 Å². The summed E-state index contributed by atoms with van der Waals surface area (Å²) in [6.07, 6.45) is 3.27. The number of ether oxygens (including phenoxy) is 2.